The van der Waals surface area contributed by atoms with Gasteiger partial charge in [-0.25, -0.2) is 9.97 Å². The average Bonchev–Trinajstić information content (AvgIpc) is 2.63. The normalized spacial score (nSPS) is 10.2. The first kappa shape index (κ1) is 16.1. The summed E-state index contributed by atoms with van der Waals surface area (Å²) in [5.74, 6) is -1.00. The molecule has 0 spiro atoms. The molecular formula is C17H14N6O2. The number of carbonyl (C=O) groups excluding carboxylic acids is 2. The Hall–Kier alpha value is -3.81. The van der Waals surface area contributed by atoms with Crippen molar-refractivity contribution in [3.63, 3.8) is 0 Å². The predicted molar refractivity (Wildman–Crippen MR) is 92.6 cm³/mol. The fraction of sp³-hybridized carbons (Fsp3) is 0. The lowest BCUT2D eigenvalue weighted by Crippen LogP contribution is -2.17. The summed E-state index contributed by atoms with van der Waals surface area (Å²) in [7, 11) is 0. The maximum absolute atomic E-state index is 12.4. The molecule has 0 aliphatic rings. The molecule has 25 heavy (non-hydrogen) atoms. The zero-order valence-electron chi connectivity index (χ0n) is 13.0. The summed E-state index contributed by atoms with van der Waals surface area (Å²) in [6.45, 7) is 0. The van der Waals surface area contributed by atoms with Crippen LogP contribution in [-0.2, 0) is 0 Å². The summed E-state index contributed by atoms with van der Waals surface area (Å²) < 4.78 is 0. The highest BCUT2D eigenvalue weighted by Crippen LogP contribution is 2.20. The molecule has 8 heteroatoms. The van der Waals surface area contributed by atoms with Crippen molar-refractivity contribution in [3.8, 4) is 11.3 Å². The number of primary amides is 1. The van der Waals surface area contributed by atoms with E-state index in [4.69, 9.17) is 11.5 Å². The largest absolute Gasteiger partial charge is 0.382 e. The molecule has 0 fully saturated rings. The fourth-order valence-corrected chi connectivity index (χ4v) is 2.14. The number of benzene rings is 1. The lowest BCUT2D eigenvalue weighted by Gasteiger charge is -2.08. The van der Waals surface area contributed by atoms with Crippen LogP contribution in [0.4, 0.5) is 11.5 Å². The Morgan fingerprint density at radius 2 is 1.80 bits per heavy atom. The zero-order valence-corrected chi connectivity index (χ0v) is 13.0. The third-order valence-electron chi connectivity index (χ3n) is 3.40. The van der Waals surface area contributed by atoms with Gasteiger partial charge in [0.05, 0.1) is 23.8 Å². The highest BCUT2D eigenvalue weighted by Gasteiger charge is 2.15. The van der Waals surface area contributed by atoms with Gasteiger partial charge in [0.25, 0.3) is 5.91 Å². The summed E-state index contributed by atoms with van der Waals surface area (Å²) in [4.78, 5) is 35.7. The Bertz CT molecular complexity index is 926. The van der Waals surface area contributed by atoms with E-state index >= 15 is 0 Å². The smallest absolute Gasteiger partial charge is 0.278 e. The van der Waals surface area contributed by atoms with Gasteiger partial charge < -0.3 is 16.8 Å². The quantitative estimate of drug-likeness (QED) is 0.661. The van der Waals surface area contributed by atoms with Crippen LogP contribution in [0.5, 0.6) is 0 Å². The number of nitrogens with two attached hydrogens (primary N) is 2. The Morgan fingerprint density at radius 3 is 2.44 bits per heavy atom. The van der Waals surface area contributed by atoms with Crippen LogP contribution < -0.4 is 16.8 Å². The summed E-state index contributed by atoms with van der Waals surface area (Å²) in [6, 6.07) is 9.88. The van der Waals surface area contributed by atoms with Gasteiger partial charge in [0, 0.05) is 17.3 Å². The number of pyridine rings is 1. The minimum Gasteiger partial charge on any atom is -0.382 e. The predicted octanol–water partition coefficient (Wildman–Crippen LogP) is 1.47. The van der Waals surface area contributed by atoms with Crippen LogP contribution in [0.3, 0.4) is 0 Å². The summed E-state index contributed by atoms with van der Waals surface area (Å²) in [5, 5.41) is 2.66. The first-order chi connectivity index (χ1) is 12.0. The maximum Gasteiger partial charge on any atom is 0.278 e. The van der Waals surface area contributed by atoms with Crippen LogP contribution in [0.1, 0.15) is 20.8 Å². The molecule has 0 unspecified atom stereocenters. The molecule has 0 aliphatic heterocycles. The van der Waals surface area contributed by atoms with Crippen LogP contribution in [0.25, 0.3) is 11.3 Å². The zero-order chi connectivity index (χ0) is 17.8. The van der Waals surface area contributed by atoms with E-state index in [0.29, 0.717) is 22.5 Å². The standard InChI is InChI=1S/C17H14N6O2/c18-15-14(17(25)22-12-2-1-7-20-8-12)23-13(9-21-15)10-3-5-11(6-4-10)16(19)24/h1-9H,(H2,18,21)(H2,19,24)(H,22,25). The van der Waals surface area contributed by atoms with E-state index in [1.165, 1.54) is 12.4 Å². The molecule has 5 N–H and O–H groups in total. The van der Waals surface area contributed by atoms with E-state index in [-0.39, 0.29) is 11.5 Å². The van der Waals surface area contributed by atoms with E-state index in [1.807, 2.05) is 0 Å². The molecule has 0 atom stereocenters. The first-order valence-electron chi connectivity index (χ1n) is 7.29. The van der Waals surface area contributed by atoms with Crippen LogP contribution >= 0.6 is 0 Å². The van der Waals surface area contributed by atoms with E-state index in [1.54, 1.807) is 42.6 Å². The minimum atomic E-state index is -0.522. The van der Waals surface area contributed by atoms with Crippen molar-refractivity contribution in [2.75, 3.05) is 11.1 Å². The SMILES string of the molecule is NC(=O)c1ccc(-c2cnc(N)c(C(=O)Nc3cccnc3)n2)cc1. The van der Waals surface area contributed by atoms with Gasteiger partial charge in [-0.3, -0.25) is 14.6 Å². The Balaban J connectivity index is 1.90. The molecule has 2 heterocycles. The molecule has 0 radical (unpaired) electrons. The third-order valence-corrected chi connectivity index (χ3v) is 3.40. The molecule has 0 bridgehead atoms. The molecule has 3 rings (SSSR count). The summed E-state index contributed by atoms with van der Waals surface area (Å²) in [5.41, 5.74) is 13.0. The molecule has 8 nitrogen and oxygen atoms in total. The topological polar surface area (TPSA) is 137 Å². The average molecular weight is 334 g/mol. The molecule has 0 aliphatic carbocycles. The molecule has 2 aromatic heterocycles. The molecule has 1 aromatic carbocycles. The van der Waals surface area contributed by atoms with Gasteiger partial charge in [-0.1, -0.05) is 12.1 Å². The van der Waals surface area contributed by atoms with E-state index < -0.39 is 11.8 Å². The monoisotopic (exact) mass is 334 g/mol. The van der Waals surface area contributed by atoms with Gasteiger partial charge >= 0.3 is 0 Å². The molecular weight excluding hydrogens is 320 g/mol. The summed E-state index contributed by atoms with van der Waals surface area (Å²) >= 11 is 0. The van der Waals surface area contributed by atoms with E-state index in [0.717, 1.165) is 0 Å². The van der Waals surface area contributed by atoms with Gasteiger partial charge in [-0.05, 0) is 24.3 Å². The number of nitrogen functional groups attached to an aromatic ring is 1. The van der Waals surface area contributed by atoms with Crippen molar-refractivity contribution in [2.24, 2.45) is 5.73 Å². The second-order valence-corrected chi connectivity index (χ2v) is 5.13. The second-order valence-electron chi connectivity index (χ2n) is 5.13. The number of hydrogen-bond donors (Lipinski definition) is 3. The number of hydrogen-bond acceptors (Lipinski definition) is 6. The second kappa shape index (κ2) is 6.75. The van der Waals surface area contributed by atoms with Crippen molar-refractivity contribution in [2.45, 2.75) is 0 Å². The van der Waals surface area contributed by atoms with Gasteiger partial charge in [0.1, 0.15) is 0 Å². The fourth-order valence-electron chi connectivity index (χ4n) is 2.14. The number of rotatable bonds is 4. The van der Waals surface area contributed by atoms with E-state index in [9.17, 15) is 9.59 Å². The van der Waals surface area contributed by atoms with Gasteiger partial charge in [-0.15, -0.1) is 0 Å². The first-order valence-corrected chi connectivity index (χ1v) is 7.29. The van der Waals surface area contributed by atoms with Crippen LogP contribution in [0, 0.1) is 0 Å². The van der Waals surface area contributed by atoms with Crippen molar-refractivity contribution in [3.05, 3.63) is 66.2 Å². The van der Waals surface area contributed by atoms with Crippen LogP contribution in [-0.4, -0.2) is 26.8 Å². The number of aromatic nitrogens is 3. The van der Waals surface area contributed by atoms with Gasteiger partial charge in [0.2, 0.25) is 5.91 Å². The van der Waals surface area contributed by atoms with Crippen LogP contribution in [0.15, 0.2) is 55.0 Å². The molecule has 2 amide bonds. The third kappa shape index (κ3) is 3.58. The molecule has 0 saturated heterocycles. The molecule has 3 aromatic rings. The van der Waals surface area contributed by atoms with Crippen LogP contribution in [0.2, 0.25) is 0 Å². The van der Waals surface area contributed by atoms with Crippen molar-refractivity contribution in [1.29, 1.82) is 0 Å². The molecule has 0 saturated carbocycles. The van der Waals surface area contributed by atoms with Crippen molar-refractivity contribution < 1.29 is 9.59 Å². The lowest BCUT2D eigenvalue weighted by atomic mass is 10.1. The number of amides is 2. The van der Waals surface area contributed by atoms with Crippen molar-refractivity contribution in [1.82, 2.24) is 15.0 Å². The molecule has 124 valence electrons. The van der Waals surface area contributed by atoms with E-state index in [2.05, 4.69) is 20.3 Å². The van der Waals surface area contributed by atoms with Gasteiger partial charge in [-0.2, -0.15) is 0 Å². The maximum atomic E-state index is 12.4. The minimum absolute atomic E-state index is 0.000306. The number of carbonyl (C=O) groups is 2. The highest BCUT2D eigenvalue weighted by atomic mass is 16.2. The Kier molecular flexibility index (Phi) is 4.34. The number of nitrogens with one attached hydrogen (secondary N) is 1. The number of nitrogens with zero attached hydrogens (tertiary/aromatic N) is 3. The Morgan fingerprint density at radius 1 is 1.04 bits per heavy atom. The highest BCUT2D eigenvalue weighted by molar-refractivity contribution is 6.05. The van der Waals surface area contributed by atoms with Crippen molar-refractivity contribution >= 4 is 23.3 Å². The lowest BCUT2D eigenvalue weighted by molar-refractivity contribution is 0.0997. The summed E-state index contributed by atoms with van der Waals surface area (Å²) in [6.07, 6.45) is 4.56. The Labute approximate surface area is 142 Å². The number of anilines is 2. The van der Waals surface area contributed by atoms with Gasteiger partial charge in [0.15, 0.2) is 11.5 Å².